The van der Waals surface area contributed by atoms with Crippen LogP contribution in [0.3, 0.4) is 0 Å². The van der Waals surface area contributed by atoms with Gasteiger partial charge in [-0.05, 0) is 67.3 Å². The third-order valence-corrected chi connectivity index (χ3v) is 5.57. The molecule has 2 N–H and O–H groups in total. The molecule has 0 unspecified atom stereocenters. The Labute approximate surface area is 204 Å². The van der Waals surface area contributed by atoms with Gasteiger partial charge in [-0.1, -0.05) is 30.3 Å². The van der Waals surface area contributed by atoms with Crippen LogP contribution in [0.5, 0.6) is 17.2 Å². The summed E-state index contributed by atoms with van der Waals surface area (Å²) in [5, 5.41) is 5.85. The molecule has 0 radical (unpaired) electrons. The Balaban J connectivity index is 1.50. The molecule has 3 aromatic carbocycles. The molecule has 0 saturated carbocycles. The molecule has 8 nitrogen and oxygen atoms in total. The van der Waals surface area contributed by atoms with E-state index in [1.54, 1.807) is 38.3 Å². The Bertz CT molecular complexity index is 1180. The second-order valence-corrected chi connectivity index (χ2v) is 8.01. The maximum Gasteiger partial charge on any atom is 0.340 e. The summed E-state index contributed by atoms with van der Waals surface area (Å²) in [6.45, 7) is 2.19. The quantitative estimate of drug-likeness (QED) is 0.439. The van der Waals surface area contributed by atoms with E-state index in [-0.39, 0.29) is 19.4 Å². The van der Waals surface area contributed by atoms with Crippen molar-refractivity contribution in [1.29, 1.82) is 0 Å². The van der Waals surface area contributed by atoms with Gasteiger partial charge in [0.05, 0.1) is 25.0 Å². The number of anilines is 1. The van der Waals surface area contributed by atoms with Gasteiger partial charge in [-0.15, -0.1) is 0 Å². The molecule has 0 aromatic heterocycles. The first-order chi connectivity index (χ1) is 17.1. The zero-order chi connectivity index (χ0) is 24.6. The summed E-state index contributed by atoms with van der Waals surface area (Å²) >= 11 is 0. The largest absolute Gasteiger partial charge is 0.497 e. The summed E-state index contributed by atoms with van der Waals surface area (Å²) in [7, 11) is 1.62. The van der Waals surface area contributed by atoms with Crippen molar-refractivity contribution in [3.63, 3.8) is 0 Å². The van der Waals surface area contributed by atoms with Crippen LogP contribution in [0.4, 0.5) is 10.5 Å². The zero-order valence-electron chi connectivity index (χ0n) is 19.7. The number of rotatable bonds is 9. The Morgan fingerprint density at radius 3 is 2.43 bits per heavy atom. The lowest BCUT2D eigenvalue weighted by Gasteiger charge is -2.20. The molecule has 1 aliphatic heterocycles. The van der Waals surface area contributed by atoms with Crippen LogP contribution < -0.4 is 24.8 Å². The molecule has 8 heteroatoms. The first-order valence-corrected chi connectivity index (χ1v) is 11.4. The zero-order valence-corrected chi connectivity index (χ0v) is 19.7. The highest BCUT2D eigenvalue weighted by Crippen LogP contribution is 2.33. The van der Waals surface area contributed by atoms with E-state index in [1.165, 1.54) is 0 Å². The van der Waals surface area contributed by atoms with Gasteiger partial charge in [0.1, 0.15) is 5.75 Å². The fourth-order valence-electron chi connectivity index (χ4n) is 3.90. The maximum atomic E-state index is 13.0. The van der Waals surface area contributed by atoms with Crippen LogP contribution in [0.25, 0.3) is 0 Å². The molecule has 0 bridgehead atoms. The van der Waals surface area contributed by atoms with E-state index in [4.69, 9.17) is 18.9 Å². The molecule has 1 atom stereocenters. The summed E-state index contributed by atoms with van der Waals surface area (Å²) in [6, 6.07) is 19.6. The number of esters is 1. The van der Waals surface area contributed by atoms with Crippen molar-refractivity contribution in [2.24, 2.45) is 0 Å². The topological polar surface area (TPSA) is 95.1 Å². The number of benzene rings is 3. The lowest BCUT2D eigenvalue weighted by molar-refractivity contribution is 0.0527. The summed E-state index contributed by atoms with van der Waals surface area (Å²) < 4.78 is 21.3. The lowest BCUT2D eigenvalue weighted by Crippen LogP contribution is -2.41. The number of urea groups is 1. The molecule has 4 rings (SSSR count). The highest BCUT2D eigenvalue weighted by Gasteiger charge is 2.19. The van der Waals surface area contributed by atoms with Gasteiger partial charge in [0.2, 0.25) is 6.79 Å². The average Bonchev–Trinajstić information content (AvgIpc) is 3.33. The van der Waals surface area contributed by atoms with Crippen molar-refractivity contribution in [2.75, 3.05) is 25.8 Å². The monoisotopic (exact) mass is 476 g/mol. The Morgan fingerprint density at radius 1 is 0.943 bits per heavy atom. The minimum atomic E-state index is -0.487. The molecule has 35 heavy (non-hydrogen) atoms. The fraction of sp³-hybridized carbons (Fsp3) is 0.259. The highest BCUT2D eigenvalue weighted by atomic mass is 16.7. The molecule has 1 aliphatic rings. The SMILES string of the molecule is CCOC(=O)c1ccccc1NC(=O)N[C@H](Cc1ccc(OC)cc1)Cc1ccc2c(c1)OCO2. The number of carbonyl (C=O) groups excluding carboxylic acids is 2. The van der Waals surface area contributed by atoms with E-state index >= 15 is 0 Å². The third-order valence-electron chi connectivity index (χ3n) is 5.57. The van der Waals surface area contributed by atoms with E-state index in [1.807, 2.05) is 42.5 Å². The van der Waals surface area contributed by atoms with Gasteiger partial charge in [0.25, 0.3) is 0 Å². The standard InChI is InChI=1S/C27H28N2O6/c1-3-33-26(30)22-6-4-5-7-23(22)29-27(31)28-20(14-18-8-11-21(32-2)12-9-18)15-19-10-13-24-25(16-19)35-17-34-24/h4-13,16,20H,3,14-15,17H2,1-2H3,(H2,28,29,31)/t20-/m1/s1. The summed E-state index contributed by atoms with van der Waals surface area (Å²) in [6.07, 6.45) is 1.15. The van der Waals surface area contributed by atoms with E-state index in [0.717, 1.165) is 16.9 Å². The van der Waals surface area contributed by atoms with E-state index in [2.05, 4.69) is 10.6 Å². The van der Waals surface area contributed by atoms with Crippen LogP contribution in [0, 0.1) is 0 Å². The van der Waals surface area contributed by atoms with Gasteiger partial charge in [-0.25, -0.2) is 9.59 Å². The first kappa shape index (κ1) is 23.9. The Hall–Kier alpha value is -4.20. The first-order valence-electron chi connectivity index (χ1n) is 11.4. The average molecular weight is 477 g/mol. The van der Waals surface area contributed by atoms with Crippen molar-refractivity contribution in [3.05, 3.63) is 83.4 Å². The number of amides is 2. The van der Waals surface area contributed by atoms with Gasteiger partial charge in [0, 0.05) is 6.04 Å². The smallest absolute Gasteiger partial charge is 0.340 e. The maximum absolute atomic E-state index is 13.0. The highest BCUT2D eigenvalue weighted by molar-refractivity contribution is 6.00. The molecule has 0 aliphatic carbocycles. The third kappa shape index (κ3) is 6.23. The van der Waals surface area contributed by atoms with E-state index in [9.17, 15) is 9.59 Å². The van der Waals surface area contributed by atoms with Crippen molar-refractivity contribution in [2.45, 2.75) is 25.8 Å². The van der Waals surface area contributed by atoms with E-state index < -0.39 is 12.0 Å². The molecule has 182 valence electrons. The number of hydrogen-bond donors (Lipinski definition) is 2. The van der Waals surface area contributed by atoms with Gasteiger partial charge in [0.15, 0.2) is 11.5 Å². The minimum absolute atomic E-state index is 0.203. The van der Waals surface area contributed by atoms with Gasteiger partial charge in [-0.3, -0.25) is 0 Å². The number of methoxy groups -OCH3 is 1. The van der Waals surface area contributed by atoms with Crippen LogP contribution in [0.1, 0.15) is 28.4 Å². The van der Waals surface area contributed by atoms with Gasteiger partial charge < -0.3 is 29.6 Å². The summed E-state index contributed by atoms with van der Waals surface area (Å²) in [4.78, 5) is 25.3. The predicted molar refractivity (Wildman–Crippen MR) is 131 cm³/mol. The van der Waals surface area contributed by atoms with Gasteiger partial charge in [-0.2, -0.15) is 0 Å². The number of ether oxygens (including phenoxy) is 4. The molecule has 0 fully saturated rings. The van der Waals surface area contributed by atoms with Crippen molar-refractivity contribution in [3.8, 4) is 17.2 Å². The Morgan fingerprint density at radius 2 is 1.66 bits per heavy atom. The molecule has 0 saturated heterocycles. The normalized spacial score (nSPS) is 12.5. The van der Waals surface area contributed by atoms with Crippen molar-refractivity contribution >= 4 is 17.7 Å². The molecule has 2 amide bonds. The minimum Gasteiger partial charge on any atom is -0.497 e. The lowest BCUT2D eigenvalue weighted by atomic mass is 9.98. The van der Waals surface area contributed by atoms with Crippen molar-refractivity contribution < 1.29 is 28.5 Å². The molecule has 0 spiro atoms. The van der Waals surface area contributed by atoms with Crippen LogP contribution in [-0.2, 0) is 17.6 Å². The van der Waals surface area contributed by atoms with Crippen LogP contribution in [-0.4, -0.2) is 38.6 Å². The number of hydrogen-bond acceptors (Lipinski definition) is 6. The van der Waals surface area contributed by atoms with Gasteiger partial charge >= 0.3 is 12.0 Å². The van der Waals surface area contributed by atoms with Crippen LogP contribution >= 0.6 is 0 Å². The predicted octanol–water partition coefficient (Wildman–Crippen LogP) is 4.58. The summed E-state index contributed by atoms with van der Waals surface area (Å²) in [5.74, 6) is 1.68. The second-order valence-electron chi connectivity index (χ2n) is 8.01. The Kier molecular flexibility index (Phi) is 7.72. The molecule has 3 aromatic rings. The number of para-hydroxylation sites is 1. The van der Waals surface area contributed by atoms with Crippen LogP contribution in [0.2, 0.25) is 0 Å². The van der Waals surface area contributed by atoms with Crippen molar-refractivity contribution in [1.82, 2.24) is 5.32 Å². The van der Waals surface area contributed by atoms with E-state index in [0.29, 0.717) is 35.6 Å². The molecule has 1 heterocycles. The summed E-state index contributed by atoms with van der Waals surface area (Å²) in [5.41, 5.74) is 2.73. The molecular formula is C27H28N2O6. The number of fused-ring (bicyclic) bond motifs is 1. The fourth-order valence-corrected chi connectivity index (χ4v) is 3.90. The molecular weight excluding hydrogens is 448 g/mol. The number of carbonyl (C=O) groups is 2. The van der Waals surface area contributed by atoms with Crippen LogP contribution in [0.15, 0.2) is 66.7 Å². The second kappa shape index (κ2) is 11.3. The number of nitrogens with one attached hydrogen (secondary N) is 2.